The highest BCUT2D eigenvalue weighted by molar-refractivity contribution is 9.10. The molecular formula is C18H28BrNO. The van der Waals surface area contributed by atoms with Crippen LogP contribution in [0.3, 0.4) is 0 Å². The van der Waals surface area contributed by atoms with Gasteiger partial charge in [-0.05, 0) is 55.0 Å². The monoisotopic (exact) mass is 353 g/mol. The first-order chi connectivity index (χ1) is 10.2. The third-order valence-electron chi connectivity index (χ3n) is 4.83. The van der Waals surface area contributed by atoms with Crippen LogP contribution in [0.4, 0.5) is 0 Å². The van der Waals surface area contributed by atoms with Gasteiger partial charge in [0.1, 0.15) is 5.75 Å². The van der Waals surface area contributed by atoms with Gasteiger partial charge in [-0.1, -0.05) is 49.0 Å². The first-order valence-electron chi connectivity index (χ1n) is 8.26. The van der Waals surface area contributed by atoms with Gasteiger partial charge in [0.05, 0.1) is 7.11 Å². The normalized spacial score (nSPS) is 23.8. The molecule has 0 heterocycles. The lowest BCUT2D eigenvalue weighted by Gasteiger charge is -2.35. The summed E-state index contributed by atoms with van der Waals surface area (Å²) >= 11 is 3.73. The second-order valence-electron chi connectivity index (χ2n) is 6.12. The highest BCUT2D eigenvalue weighted by Crippen LogP contribution is 2.41. The van der Waals surface area contributed by atoms with Crippen LogP contribution in [0, 0.1) is 11.8 Å². The van der Waals surface area contributed by atoms with Gasteiger partial charge in [0.25, 0.3) is 0 Å². The largest absolute Gasteiger partial charge is 0.497 e. The first kappa shape index (κ1) is 16.8. The maximum atomic E-state index is 5.42. The lowest BCUT2D eigenvalue weighted by Crippen LogP contribution is -2.32. The highest BCUT2D eigenvalue weighted by atomic mass is 79.9. The number of nitrogens with one attached hydrogen (secondary N) is 1. The van der Waals surface area contributed by atoms with Gasteiger partial charge < -0.3 is 10.1 Å². The van der Waals surface area contributed by atoms with E-state index in [9.17, 15) is 0 Å². The van der Waals surface area contributed by atoms with Crippen LogP contribution in [0.25, 0.3) is 0 Å². The Hall–Kier alpha value is -0.540. The van der Waals surface area contributed by atoms with Gasteiger partial charge in [0.15, 0.2) is 0 Å². The molecule has 21 heavy (non-hydrogen) atoms. The van der Waals surface area contributed by atoms with Gasteiger partial charge in [-0.3, -0.25) is 0 Å². The van der Waals surface area contributed by atoms with Crippen molar-refractivity contribution in [3.8, 4) is 5.75 Å². The molecule has 0 bridgehead atoms. The molecule has 0 aromatic heterocycles. The molecule has 3 atom stereocenters. The molecule has 0 amide bonds. The molecule has 2 nitrogen and oxygen atoms in total. The van der Waals surface area contributed by atoms with Crippen molar-refractivity contribution in [1.82, 2.24) is 5.32 Å². The maximum absolute atomic E-state index is 5.42. The number of ether oxygens (including phenoxy) is 1. The van der Waals surface area contributed by atoms with Crippen LogP contribution in [0.2, 0.25) is 0 Å². The number of hydrogen-bond donors (Lipinski definition) is 1. The Kier molecular flexibility index (Phi) is 6.56. The highest BCUT2D eigenvalue weighted by Gasteiger charge is 2.29. The molecule has 0 saturated heterocycles. The summed E-state index contributed by atoms with van der Waals surface area (Å²) in [5.74, 6) is 2.57. The van der Waals surface area contributed by atoms with Crippen LogP contribution >= 0.6 is 15.9 Å². The number of halogens is 1. The smallest absolute Gasteiger partial charge is 0.119 e. The van der Waals surface area contributed by atoms with Gasteiger partial charge in [0, 0.05) is 10.5 Å². The summed E-state index contributed by atoms with van der Waals surface area (Å²) in [7, 11) is 1.74. The average Bonchev–Trinajstić information content (AvgIpc) is 2.53. The Morgan fingerprint density at radius 2 is 2.14 bits per heavy atom. The fourth-order valence-electron chi connectivity index (χ4n) is 3.64. The summed E-state index contributed by atoms with van der Waals surface area (Å²) in [6.45, 7) is 5.53. The van der Waals surface area contributed by atoms with Gasteiger partial charge in [0.2, 0.25) is 0 Å². The number of benzene rings is 1. The number of methoxy groups -OCH3 is 1. The molecule has 1 aromatic rings. The molecule has 1 N–H and O–H groups in total. The topological polar surface area (TPSA) is 21.3 Å². The zero-order valence-corrected chi connectivity index (χ0v) is 15.1. The zero-order valence-electron chi connectivity index (χ0n) is 13.5. The van der Waals surface area contributed by atoms with Crippen molar-refractivity contribution in [2.45, 2.75) is 52.0 Å². The SMILES string of the molecule is CCNC(c1cc(OC)ccc1Br)C1CCCC(CC)C1. The molecule has 0 aliphatic heterocycles. The van der Waals surface area contributed by atoms with Gasteiger partial charge >= 0.3 is 0 Å². The first-order valence-corrected chi connectivity index (χ1v) is 9.05. The number of rotatable bonds is 6. The van der Waals surface area contributed by atoms with Crippen molar-refractivity contribution >= 4 is 15.9 Å². The molecule has 0 radical (unpaired) electrons. The van der Waals surface area contributed by atoms with Crippen LogP contribution in [0.1, 0.15) is 57.6 Å². The van der Waals surface area contributed by atoms with Crippen LogP contribution in [0.15, 0.2) is 22.7 Å². The van der Waals surface area contributed by atoms with E-state index >= 15 is 0 Å². The Labute approximate surface area is 137 Å². The number of hydrogen-bond acceptors (Lipinski definition) is 2. The van der Waals surface area contributed by atoms with Gasteiger partial charge in [-0.2, -0.15) is 0 Å². The fourth-order valence-corrected chi connectivity index (χ4v) is 4.14. The Balaban J connectivity index is 2.25. The van der Waals surface area contributed by atoms with Crippen molar-refractivity contribution < 1.29 is 4.74 Å². The standard InChI is InChI=1S/C18H28BrNO/c1-4-13-7-6-8-14(11-13)18(20-5-2)16-12-15(21-3)9-10-17(16)19/h9-10,12-14,18,20H,4-8,11H2,1-3H3. The Morgan fingerprint density at radius 3 is 2.81 bits per heavy atom. The van der Waals surface area contributed by atoms with Gasteiger partial charge in [-0.15, -0.1) is 0 Å². The van der Waals surface area contributed by atoms with E-state index in [1.807, 2.05) is 6.07 Å². The summed E-state index contributed by atoms with van der Waals surface area (Å²) in [4.78, 5) is 0. The van der Waals surface area contributed by atoms with Crippen molar-refractivity contribution in [2.24, 2.45) is 11.8 Å². The van der Waals surface area contributed by atoms with E-state index in [1.54, 1.807) is 7.11 Å². The summed E-state index contributed by atoms with van der Waals surface area (Å²) < 4.78 is 6.61. The van der Waals surface area contributed by atoms with Crippen molar-refractivity contribution in [3.63, 3.8) is 0 Å². The lowest BCUT2D eigenvalue weighted by molar-refractivity contribution is 0.210. The van der Waals surface area contributed by atoms with Crippen molar-refractivity contribution in [3.05, 3.63) is 28.2 Å². The van der Waals surface area contributed by atoms with Crippen molar-refractivity contribution in [1.29, 1.82) is 0 Å². The molecule has 3 unspecified atom stereocenters. The molecule has 0 spiro atoms. The van der Waals surface area contributed by atoms with E-state index in [2.05, 4.69) is 47.2 Å². The van der Waals surface area contributed by atoms with Gasteiger partial charge in [-0.25, -0.2) is 0 Å². The second-order valence-corrected chi connectivity index (χ2v) is 6.98. The summed E-state index contributed by atoms with van der Waals surface area (Å²) in [6, 6.07) is 6.74. The molecule has 2 rings (SSSR count). The van der Waals surface area contributed by atoms with Crippen LogP contribution < -0.4 is 10.1 Å². The predicted octanol–water partition coefficient (Wildman–Crippen LogP) is 5.32. The molecule has 1 saturated carbocycles. The summed E-state index contributed by atoms with van der Waals surface area (Å²) in [5.41, 5.74) is 1.35. The zero-order chi connectivity index (χ0) is 15.2. The van der Waals surface area contributed by atoms with Crippen LogP contribution in [0.5, 0.6) is 5.75 Å². The Morgan fingerprint density at radius 1 is 1.33 bits per heavy atom. The predicted molar refractivity (Wildman–Crippen MR) is 92.9 cm³/mol. The molecule has 1 fully saturated rings. The molecule has 3 heteroatoms. The molecular weight excluding hydrogens is 326 g/mol. The maximum Gasteiger partial charge on any atom is 0.119 e. The minimum Gasteiger partial charge on any atom is -0.497 e. The molecule has 118 valence electrons. The molecule has 1 aromatic carbocycles. The van der Waals surface area contributed by atoms with Crippen molar-refractivity contribution in [2.75, 3.05) is 13.7 Å². The molecule has 1 aliphatic carbocycles. The fraction of sp³-hybridized carbons (Fsp3) is 0.667. The van der Waals surface area contributed by atoms with E-state index < -0.39 is 0 Å². The van der Waals surface area contributed by atoms with E-state index in [4.69, 9.17) is 4.74 Å². The third-order valence-corrected chi connectivity index (χ3v) is 5.56. The quantitative estimate of drug-likeness (QED) is 0.746. The van der Waals surface area contributed by atoms with E-state index in [1.165, 1.54) is 42.1 Å². The van der Waals surface area contributed by atoms with E-state index in [0.717, 1.165) is 24.1 Å². The molecule has 1 aliphatic rings. The summed E-state index contributed by atoms with van der Waals surface area (Å²) in [6.07, 6.45) is 6.77. The van der Waals surface area contributed by atoms with Crippen LogP contribution in [-0.2, 0) is 0 Å². The summed E-state index contributed by atoms with van der Waals surface area (Å²) in [5, 5.41) is 3.72. The average molecular weight is 354 g/mol. The lowest BCUT2D eigenvalue weighted by atomic mass is 9.75. The minimum absolute atomic E-state index is 0.425. The Bertz CT molecular complexity index is 449. The minimum atomic E-state index is 0.425. The third kappa shape index (κ3) is 4.23. The second kappa shape index (κ2) is 8.19. The van der Waals surface area contributed by atoms with Crippen LogP contribution in [-0.4, -0.2) is 13.7 Å². The van der Waals surface area contributed by atoms with E-state index in [-0.39, 0.29) is 0 Å². The van der Waals surface area contributed by atoms with E-state index in [0.29, 0.717) is 6.04 Å².